The summed E-state index contributed by atoms with van der Waals surface area (Å²) >= 11 is 5.76. The summed E-state index contributed by atoms with van der Waals surface area (Å²) in [6, 6.07) is 6.35. The fourth-order valence-corrected chi connectivity index (χ4v) is 2.65. The third-order valence-electron chi connectivity index (χ3n) is 3.57. The number of esters is 1. The molecule has 1 aromatic carbocycles. The van der Waals surface area contributed by atoms with Crippen LogP contribution in [-0.4, -0.2) is 48.1 Å². The van der Waals surface area contributed by atoms with Gasteiger partial charge in [0.25, 0.3) is 0 Å². The van der Waals surface area contributed by atoms with Gasteiger partial charge in [0.05, 0.1) is 5.56 Å². The van der Waals surface area contributed by atoms with Gasteiger partial charge in [0, 0.05) is 5.02 Å². The zero-order valence-electron chi connectivity index (χ0n) is 12.2. The number of benzene rings is 1. The Morgan fingerprint density at radius 2 is 2.00 bits per heavy atom. The highest BCUT2D eigenvalue weighted by atomic mass is 35.5. The van der Waals surface area contributed by atoms with Crippen molar-refractivity contribution in [3.05, 3.63) is 34.9 Å². The quantitative estimate of drug-likeness (QED) is 0.852. The van der Waals surface area contributed by atoms with Crippen molar-refractivity contribution < 1.29 is 28.8 Å². The van der Waals surface area contributed by atoms with Gasteiger partial charge in [-0.2, -0.15) is 0 Å². The number of fused-ring (bicyclic) bond motifs is 1. The number of aliphatic hydroxyl groups is 1. The molecule has 2 fully saturated rings. The fourth-order valence-electron chi connectivity index (χ4n) is 2.52. The number of aliphatic hydroxyl groups excluding tert-OH is 1. The monoisotopic (exact) mass is 328 g/mol. The first-order chi connectivity index (χ1) is 10.4. The second-order valence-electron chi connectivity index (χ2n) is 5.74. The van der Waals surface area contributed by atoms with Crippen molar-refractivity contribution >= 4 is 17.6 Å². The molecular formula is C15H17ClO6. The normalized spacial score (nSPS) is 32.7. The molecule has 1 N–H and O–H groups in total. The first-order valence-corrected chi connectivity index (χ1v) is 7.35. The van der Waals surface area contributed by atoms with Crippen molar-refractivity contribution in [3.63, 3.8) is 0 Å². The Morgan fingerprint density at radius 1 is 1.32 bits per heavy atom. The molecule has 0 spiro atoms. The van der Waals surface area contributed by atoms with Gasteiger partial charge < -0.3 is 24.1 Å². The lowest BCUT2D eigenvalue weighted by Crippen LogP contribution is -2.37. The minimum Gasteiger partial charge on any atom is -0.459 e. The molecule has 2 heterocycles. The predicted molar refractivity (Wildman–Crippen MR) is 76.4 cm³/mol. The van der Waals surface area contributed by atoms with Crippen LogP contribution in [0.25, 0.3) is 0 Å². The molecule has 2 aliphatic rings. The molecule has 3 rings (SSSR count). The standard InChI is InChI=1S/C15H17ClO6/c1-15(2)21-12-11(17)10(20-14(12)22-15)7-19-13(18)8-3-5-9(16)6-4-8/h3-6,10-12,14,17H,7H2,1-2H3/t10-,11+,12-,14-/m1/s1. The molecule has 0 bridgehead atoms. The van der Waals surface area contributed by atoms with Crippen LogP contribution in [0.4, 0.5) is 0 Å². The molecule has 7 heteroatoms. The Morgan fingerprint density at radius 3 is 2.64 bits per heavy atom. The summed E-state index contributed by atoms with van der Waals surface area (Å²) in [6.45, 7) is 3.41. The Balaban J connectivity index is 1.55. The molecule has 6 nitrogen and oxygen atoms in total. The second kappa shape index (κ2) is 5.79. The van der Waals surface area contributed by atoms with Crippen LogP contribution >= 0.6 is 11.6 Å². The molecular weight excluding hydrogens is 312 g/mol. The summed E-state index contributed by atoms with van der Waals surface area (Å²) in [4.78, 5) is 11.9. The van der Waals surface area contributed by atoms with E-state index in [1.54, 1.807) is 38.1 Å². The molecule has 2 saturated heterocycles. The number of hydrogen-bond donors (Lipinski definition) is 1. The van der Waals surface area contributed by atoms with Crippen molar-refractivity contribution in [3.8, 4) is 0 Å². The van der Waals surface area contributed by atoms with Gasteiger partial charge in [0.15, 0.2) is 12.1 Å². The molecule has 4 atom stereocenters. The molecule has 2 aliphatic heterocycles. The predicted octanol–water partition coefficient (Wildman–Crippen LogP) is 1.73. The second-order valence-corrected chi connectivity index (χ2v) is 6.18. The van der Waals surface area contributed by atoms with E-state index in [1.807, 2.05) is 0 Å². The van der Waals surface area contributed by atoms with Crippen LogP contribution in [0.1, 0.15) is 24.2 Å². The third kappa shape index (κ3) is 3.11. The van der Waals surface area contributed by atoms with Crippen LogP contribution in [-0.2, 0) is 18.9 Å². The van der Waals surface area contributed by atoms with Gasteiger partial charge >= 0.3 is 5.97 Å². The summed E-state index contributed by atoms with van der Waals surface area (Å²) < 4.78 is 21.8. The average molecular weight is 329 g/mol. The maximum atomic E-state index is 11.9. The highest BCUT2D eigenvalue weighted by Crippen LogP contribution is 2.37. The lowest BCUT2D eigenvalue weighted by atomic mass is 10.1. The molecule has 1 aromatic rings. The minimum absolute atomic E-state index is 0.0806. The van der Waals surface area contributed by atoms with E-state index >= 15 is 0 Å². The average Bonchev–Trinajstić information content (AvgIpc) is 2.91. The Bertz CT molecular complexity index is 558. The molecule has 0 amide bonds. The first kappa shape index (κ1) is 15.7. The summed E-state index contributed by atoms with van der Waals surface area (Å²) in [5.74, 6) is -1.30. The number of hydrogen-bond acceptors (Lipinski definition) is 6. The van der Waals surface area contributed by atoms with Gasteiger partial charge in [-0.15, -0.1) is 0 Å². The highest BCUT2D eigenvalue weighted by Gasteiger charge is 2.54. The van der Waals surface area contributed by atoms with Gasteiger partial charge in [0.2, 0.25) is 0 Å². The highest BCUT2D eigenvalue weighted by molar-refractivity contribution is 6.30. The van der Waals surface area contributed by atoms with Crippen LogP contribution in [0, 0.1) is 0 Å². The molecule has 0 radical (unpaired) electrons. The smallest absolute Gasteiger partial charge is 0.338 e. The van der Waals surface area contributed by atoms with E-state index in [0.717, 1.165) is 0 Å². The Kier molecular flexibility index (Phi) is 4.13. The number of halogens is 1. The zero-order valence-corrected chi connectivity index (χ0v) is 12.9. The Hall–Kier alpha value is -1.18. The number of rotatable bonds is 3. The topological polar surface area (TPSA) is 74.2 Å². The van der Waals surface area contributed by atoms with Gasteiger partial charge in [-0.05, 0) is 38.1 Å². The van der Waals surface area contributed by atoms with Gasteiger partial charge in [-0.1, -0.05) is 11.6 Å². The number of ether oxygens (including phenoxy) is 4. The van der Waals surface area contributed by atoms with Crippen molar-refractivity contribution in [2.75, 3.05) is 6.61 Å². The summed E-state index contributed by atoms with van der Waals surface area (Å²) in [7, 11) is 0. The van der Waals surface area contributed by atoms with E-state index in [4.69, 9.17) is 30.5 Å². The van der Waals surface area contributed by atoms with E-state index in [9.17, 15) is 9.90 Å². The largest absolute Gasteiger partial charge is 0.459 e. The van der Waals surface area contributed by atoms with Crippen molar-refractivity contribution in [2.24, 2.45) is 0 Å². The fraction of sp³-hybridized carbons (Fsp3) is 0.533. The molecule has 0 saturated carbocycles. The molecule has 0 aliphatic carbocycles. The zero-order chi connectivity index (χ0) is 15.9. The molecule has 0 aromatic heterocycles. The number of carbonyl (C=O) groups is 1. The van der Waals surface area contributed by atoms with E-state index in [1.165, 1.54) is 0 Å². The number of carbonyl (C=O) groups excluding carboxylic acids is 1. The van der Waals surface area contributed by atoms with E-state index in [-0.39, 0.29) is 6.61 Å². The van der Waals surface area contributed by atoms with Crippen LogP contribution in [0.15, 0.2) is 24.3 Å². The van der Waals surface area contributed by atoms with Gasteiger partial charge in [-0.25, -0.2) is 4.79 Å². The molecule has 0 unspecified atom stereocenters. The Labute approximate surface area is 132 Å². The first-order valence-electron chi connectivity index (χ1n) is 6.97. The van der Waals surface area contributed by atoms with Crippen LogP contribution in [0.2, 0.25) is 5.02 Å². The van der Waals surface area contributed by atoms with Crippen molar-refractivity contribution in [2.45, 2.75) is 44.2 Å². The SMILES string of the molecule is CC1(C)O[C@H]2O[C@H](COC(=O)c3ccc(Cl)cc3)[C@H](O)[C@H]2O1. The summed E-state index contributed by atoms with van der Waals surface area (Å²) in [5.41, 5.74) is 0.380. The summed E-state index contributed by atoms with van der Waals surface area (Å²) in [5, 5.41) is 10.7. The van der Waals surface area contributed by atoms with E-state index < -0.39 is 36.4 Å². The van der Waals surface area contributed by atoms with Crippen molar-refractivity contribution in [1.29, 1.82) is 0 Å². The van der Waals surface area contributed by atoms with Crippen LogP contribution in [0.5, 0.6) is 0 Å². The third-order valence-corrected chi connectivity index (χ3v) is 3.83. The minimum atomic E-state index is -0.912. The van der Waals surface area contributed by atoms with Crippen molar-refractivity contribution in [1.82, 2.24) is 0 Å². The molecule has 22 heavy (non-hydrogen) atoms. The maximum Gasteiger partial charge on any atom is 0.338 e. The maximum absolute atomic E-state index is 11.9. The van der Waals surface area contributed by atoms with E-state index in [0.29, 0.717) is 10.6 Å². The van der Waals surface area contributed by atoms with Crippen LogP contribution in [0.3, 0.4) is 0 Å². The van der Waals surface area contributed by atoms with E-state index in [2.05, 4.69) is 0 Å². The lowest BCUT2D eigenvalue weighted by molar-refractivity contribution is -0.218. The molecule has 120 valence electrons. The van der Waals surface area contributed by atoms with Crippen LogP contribution < -0.4 is 0 Å². The van der Waals surface area contributed by atoms with Gasteiger partial charge in [0.1, 0.15) is 24.9 Å². The summed E-state index contributed by atoms with van der Waals surface area (Å²) in [6.07, 6.45) is -2.81. The van der Waals surface area contributed by atoms with Gasteiger partial charge in [-0.3, -0.25) is 0 Å². The lowest BCUT2D eigenvalue weighted by Gasteiger charge is -2.22.